The second-order valence-electron chi connectivity index (χ2n) is 8.28. The lowest BCUT2D eigenvalue weighted by atomic mass is 10.1. The number of hydrogen-bond acceptors (Lipinski definition) is 5. The first-order valence-electron chi connectivity index (χ1n) is 11.2. The van der Waals surface area contributed by atoms with E-state index in [1.807, 2.05) is 79.9 Å². The molecule has 0 saturated heterocycles. The third kappa shape index (κ3) is 6.16. The predicted octanol–water partition coefficient (Wildman–Crippen LogP) is 4.85. The minimum absolute atomic E-state index is 0.130. The molecule has 3 aromatic carbocycles. The summed E-state index contributed by atoms with van der Waals surface area (Å²) in [5.41, 5.74) is 5.46. The summed E-state index contributed by atoms with van der Waals surface area (Å²) in [7, 11) is 0. The van der Waals surface area contributed by atoms with E-state index in [1.165, 1.54) is 11.8 Å². The van der Waals surface area contributed by atoms with Crippen molar-refractivity contribution in [3.05, 3.63) is 101 Å². The summed E-state index contributed by atoms with van der Waals surface area (Å²) in [6, 6.07) is 22.9. The van der Waals surface area contributed by atoms with Crippen molar-refractivity contribution in [3.8, 4) is 5.69 Å². The number of rotatable bonds is 8. The zero-order valence-electron chi connectivity index (χ0n) is 19.9. The summed E-state index contributed by atoms with van der Waals surface area (Å²) in [5.74, 6) is 0.445. The highest BCUT2D eigenvalue weighted by Gasteiger charge is 2.18. The minimum atomic E-state index is -0.187. The third-order valence-electron chi connectivity index (χ3n) is 5.38. The first-order chi connectivity index (χ1) is 16.9. The largest absolute Gasteiger partial charge is 0.345 e. The number of aromatic nitrogens is 3. The van der Waals surface area contributed by atoms with Gasteiger partial charge in [0.1, 0.15) is 0 Å². The van der Waals surface area contributed by atoms with Gasteiger partial charge in [-0.15, -0.1) is 10.2 Å². The van der Waals surface area contributed by atoms with E-state index in [-0.39, 0.29) is 24.1 Å². The van der Waals surface area contributed by atoms with Crippen LogP contribution in [0, 0.1) is 20.8 Å². The van der Waals surface area contributed by atoms with E-state index in [0.717, 1.165) is 28.1 Å². The number of nitrogens with zero attached hydrogens (tertiary/aromatic N) is 3. The maximum Gasteiger partial charge on any atom is 0.251 e. The lowest BCUT2D eigenvalue weighted by Gasteiger charge is -2.14. The van der Waals surface area contributed by atoms with E-state index < -0.39 is 0 Å². The Morgan fingerprint density at radius 3 is 2.43 bits per heavy atom. The Morgan fingerprint density at radius 1 is 0.886 bits per heavy atom. The van der Waals surface area contributed by atoms with Crippen LogP contribution < -0.4 is 10.6 Å². The summed E-state index contributed by atoms with van der Waals surface area (Å²) in [4.78, 5) is 25.2. The van der Waals surface area contributed by atoms with Crippen molar-refractivity contribution < 1.29 is 9.59 Å². The van der Waals surface area contributed by atoms with Crippen LogP contribution in [0.15, 0.2) is 78.0 Å². The molecule has 1 heterocycles. The van der Waals surface area contributed by atoms with Gasteiger partial charge in [0.15, 0.2) is 11.0 Å². The fourth-order valence-electron chi connectivity index (χ4n) is 3.61. The van der Waals surface area contributed by atoms with E-state index in [4.69, 9.17) is 0 Å². The number of carbonyl (C=O) groups excluding carboxylic acids is 2. The molecular formula is C27H27N5O2S. The average molecular weight is 486 g/mol. The summed E-state index contributed by atoms with van der Waals surface area (Å²) < 4.78 is 1.91. The Morgan fingerprint density at radius 2 is 1.66 bits per heavy atom. The average Bonchev–Trinajstić information content (AvgIpc) is 3.26. The lowest BCUT2D eigenvalue weighted by molar-refractivity contribution is -0.113. The molecular weight excluding hydrogens is 458 g/mol. The van der Waals surface area contributed by atoms with Gasteiger partial charge in [-0.1, -0.05) is 54.2 Å². The summed E-state index contributed by atoms with van der Waals surface area (Å²) in [6.45, 7) is 6.21. The van der Waals surface area contributed by atoms with Crippen molar-refractivity contribution in [2.45, 2.75) is 32.5 Å². The second-order valence-corrected chi connectivity index (χ2v) is 9.22. The molecule has 0 unspecified atom stereocenters. The molecule has 0 aliphatic heterocycles. The molecule has 2 amide bonds. The number of thioether (sulfide) groups is 1. The van der Waals surface area contributed by atoms with Gasteiger partial charge in [0.25, 0.3) is 5.91 Å². The van der Waals surface area contributed by atoms with Gasteiger partial charge in [0, 0.05) is 11.3 Å². The van der Waals surface area contributed by atoms with Crippen molar-refractivity contribution in [2.24, 2.45) is 0 Å². The highest BCUT2D eigenvalue weighted by molar-refractivity contribution is 7.99. The van der Waals surface area contributed by atoms with Crippen LogP contribution in [0.5, 0.6) is 0 Å². The predicted molar refractivity (Wildman–Crippen MR) is 139 cm³/mol. The van der Waals surface area contributed by atoms with Gasteiger partial charge in [-0.2, -0.15) is 0 Å². The van der Waals surface area contributed by atoms with Gasteiger partial charge in [-0.25, -0.2) is 0 Å². The fourth-order valence-corrected chi connectivity index (χ4v) is 4.38. The van der Waals surface area contributed by atoms with E-state index in [9.17, 15) is 9.59 Å². The summed E-state index contributed by atoms with van der Waals surface area (Å²) in [6.07, 6.45) is 0. The highest BCUT2D eigenvalue weighted by Crippen LogP contribution is 2.25. The molecule has 0 fully saturated rings. The molecule has 4 rings (SSSR count). The number of anilines is 1. The van der Waals surface area contributed by atoms with Crippen LogP contribution in [0.4, 0.5) is 5.69 Å². The summed E-state index contributed by atoms with van der Waals surface area (Å²) >= 11 is 1.30. The number of benzene rings is 3. The number of aryl methyl sites for hydroxylation is 3. The first-order valence-corrected chi connectivity index (χ1v) is 12.2. The zero-order valence-corrected chi connectivity index (χ0v) is 20.7. The topological polar surface area (TPSA) is 88.9 Å². The minimum Gasteiger partial charge on any atom is -0.345 e. The van der Waals surface area contributed by atoms with Crippen molar-refractivity contribution in [2.75, 3.05) is 11.1 Å². The van der Waals surface area contributed by atoms with Crippen LogP contribution in [0.1, 0.15) is 32.9 Å². The van der Waals surface area contributed by atoms with Crippen molar-refractivity contribution in [1.82, 2.24) is 20.1 Å². The normalized spacial score (nSPS) is 10.7. The molecule has 0 saturated carbocycles. The van der Waals surface area contributed by atoms with Crippen molar-refractivity contribution in [1.29, 1.82) is 0 Å². The van der Waals surface area contributed by atoms with Gasteiger partial charge in [0.05, 0.1) is 18.0 Å². The SMILES string of the molecule is Cc1cccc(NC(=O)CSc2nnc(CNC(=O)c3ccccc3)n2-c2cc(C)ccc2C)c1. The van der Waals surface area contributed by atoms with E-state index in [0.29, 0.717) is 16.5 Å². The molecule has 4 aromatic rings. The molecule has 7 nitrogen and oxygen atoms in total. The van der Waals surface area contributed by atoms with Crippen molar-refractivity contribution >= 4 is 29.3 Å². The molecule has 0 spiro atoms. The van der Waals surface area contributed by atoms with Crippen LogP contribution >= 0.6 is 11.8 Å². The summed E-state index contributed by atoms with van der Waals surface area (Å²) in [5, 5.41) is 15.1. The van der Waals surface area contributed by atoms with Gasteiger partial charge in [-0.05, 0) is 67.8 Å². The molecule has 0 atom stereocenters. The van der Waals surface area contributed by atoms with Crippen molar-refractivity contribution in [3.63, 3.8) is 0 Å². The highest BCUT2D eigenvalue weighted by atomic mass is 32.2. The molecule has 0 aliphatic rings. The van der Waals surface area contributed by atoms with Gasteiger partial charge in [0.2, 0.25) is 5.91 Å². The maximum absolute atomic E-state index is 12.6. The van der Waals surface area contributed by atoms with E-state index in [1.54, 1.807) is 12.1 Å². The zero-order chi connectivity index (χ0) is 24.8. The standard InChI is InChI=1S/C27H27N5O2S/c1-18-8-7-11-22(14-18)29-25(33)17-35-27-31-30-24(16-28-26(34)21-9-5-4-6-10-21)32(27)23-15-19(2)12-13-20(23)3/h4-15H,16-17H2,1-3H3,(H,28,34)(H,29,33). The quantitative estimate of drug-likeness (QED) is 0.348. The van der Waals surface area contributed by atoms with Gasteiger partial charge < -0.3 is 10.6 Å². The van der Waals surface area contributed by atoms with E-state index in [2.05, 4.69) is 26.9 Å². The van der Waals surface area contributed by atoms with Crippen LogP contribution in [0.3, 0.4) is 0 Å². The van der Waals surface area contributed by atoms with Gasteiger partial charge in [-0.3, -0.25) is 14.2 Å². The Bertz CT molecular complexity index is 1350. The molecule has 0 aliphatic carbocycles. The molecule has 0 radical (unpaired) electrons. The third-order valence-corrected chi connectivity index (χ3v) is 6.31. The molecule has 178 valence electrons. The smallest absolute Gasteiger partial charge is 0.251 e. The molecule has 2 N–H and O–H groups in total. The Labute approximate surface area is 209 Å². The Balaban J connectivity index is 1.54. The molecule has 0 bridgehead atoms. The number of amides is 2. The Kier molecular flexibility index (Phi) is 7.62. The number of carbonyl (C=O) groups is 2. The Hall–Kier alpha value is -3.91. The first kappa shape index (κ1) is 24.2. The number of nitrogens with one attached hydrogen (secondary N) is 2. The van der Waals surface area contributed by atoms with Gasteiger partial charge >= 0.3 is 0 Å². The van der Waals surface area contributed by atoms with Crippen LogP contribution in [0.25, 0.3) is 5.69 Å². The molecule has 8 heteroatoms. The lowest BCUT2D eigenvalue weighted by Crippen LogP contribution is -2.24. The molecule has 1 aromatic heterocycles. The maximum atomic E-state index is 12.6. The van der Waals surface area contributed by atoms with E-state index >= 15 is 0 Å². The monoisotopic (exact) mass is 485 g/mol. The van der Waals surface area contributed by atoms with Crippen LogP contribution in [-0.2, 0) is 11.3 Å². The second kappa shape index (κ2) is 11.0. The van der Waals surface area contributed by atoms with Crippen LogP contribution in [-0.4, -0.2) is 32.3 Å². The fraction of sp³-hybridized carbons (Fsp3) is 0.185. The van der Waals surface area contributed by atoms with Crippen LogP contribution in [0.2, 0.25) is 0 Å². The molecule has 35 heavy (non-hydrogen) atoms. The number of hydrogen-bond donors (Lipinski definition) is 2.